The summed E-state index contributed by atoms with van der Waals surface area (Å²) in [5.74, 6) is 0. The maximum atomic E-state index is 5.54. The van der Waals surface area contributed by atoms with E-state index >= 15 is 0 Å². The van der Waals surface area contributed by atoms with Gasteiger partial charge in [-0.1, -0.05) is 6.92 Å². The molecule has 0 radical (unpaired) electrons. The first-order valence-corrected chi connectivity index (χ1v) is 7.19. The summed E-state index contributed by atoms with van der Waals surface area (Å²) in [5, 5.41) is 5.74. The van der Waals surface area contributed by atoms with Gasteiger partial charge >= 0.3 is 0 Å². The van der Waals surface area contributed by atoms with Crippen molar-refractivity contribution in [2.24, 2.45) is 0 Å². The van der Waals surface area contributed by atoms with Crippen molar-refractivity contribution in [2.45, 2.75) is 39.0 Å². The highest BCUT2D eigenvalue weighted by Gasteiger charge is 2.23. The predicted molar refractivity (Wildman–Crippen MR) is 70.4 cm³/mol. The van der Waals surface area contributed by atoms with E-state index in [0.717, 1.165) is 32.6 Å². The normalized spacial score (nSPS) is 18.7. The average molecular weight is 255 g/mol. The molecule has 0 saturated carbocycles. The lowest BCUT2D eigenvalue weighted by atomic mass is 10.1. The first kappa shape index (κ1) is 13.0. The summed E-state index contributed by atoms with van der Waals surface area (Å²) < 4.78 is 11.1. The Morgan fingerprint density at radius 3 is 2.82 bits per heavy atom. The quantitative estimate of drug-likeness (QED) is 0.848. The molecule has 0 spiro atoms. The number of aryl methyl sites for hydroxylation is 1. The summed E-state index contributed by atoms with van der Waals surface area (Å²) in [4.78, 5) is 1.41. The second kappa shape index (κ2) is 6.50. The van der Waals surface area contributed by atoms with Crippen molar-refractivity contribution in [3.05, 3.63) is 21.9 Å². The second-order valence-electron chi connectivity index (χ2n) is 4.38. The van der Waals surface area contributed by atoms with Crippen LogP contribution in [0.2, 0.25) is 0 Å². The van der Waals surface area contributed by atoms with Gasteiger partial charge in [-0.3, -0.25) is 0 Å². The van der Waals surface area contributed by atoms with Gasteiger partial charge in [0.15, 0.2) is 6.29 Å². The molecule has 1 aliphatic rings. The van der Waals surface area contributed by atoms with Crippen molar-refractivity contribution in [1.29, 1.82) is 0 Å². The second-order valence-corrected chi connectivity index (χ2v) is 5.33. The van der Waals surface area contributed by atoms with Crippen molar-refractivity contribution < 1.29 is 9.47 Å². The number of rotatable bonds is 6. The standard InChI is InChI=1S/C13H21NO2S/c1-3-5-14-11(9-12-15-6-7-16-12)13-10(2)4-8-17-13/h4,8,11-12,14H,3,5-7,9H2,1-2H3. The molecule has 1 N–H and O–H groups in total. The lowest BCUT2D eigenvalue weighted by molar-refractivity contribution is -0.0528. The molecule has 1 atom stereocenters. The predicted octanol–water partition coefficient (Wildman–Crippen LogP) is 2.86. The molecule has 1 aliphatic heterocycles. The summed E-state index contributed by atoms with van der Waals surface area (Å²) in [6, 6.07) is 2.54. The minimum absolute atomic E-state index is 0.0362. The van der Waals surface area contributed by atoms with Gasteiger partial charge in [-0.2, -0.15) is 0 Å². The third kappa shape index (κ3) is 3.52. The van der Waals surface area contributed by atoms with Crippen LogP contribution in [0.4, 0.5) is 0 Å². The fraction of sp³-hybridized carbons (Fsp3) is 0.692. The molecule has 1 unspecified atom stereocenters. The molecule has 0 aromatic carbocycles. The van der Waals surface area contributed by atoms with Crippen molar-refractivity contribution in [1.82, 2.24) is 5.32 Å². The summed E-state index contributed by atoms with van der Waals surface area (Å²) in [7, 11) is 0. The van der Waals surface area contributed by atoms with E-state index in [1.807, 2.05) is 11.3 Å². The lowest BCUT2D eigenvalue weighted by Gasteiger charge is -2.21. The van der Waals surface area contributed by atoms with Crippen molar-refractivity contribution >= 4 is 11.3 Å². The van der Waals surface area contributed by atoms with E-state index in [1.165, 1.54) is 10.4 Å². The molecule has 1 aromatic rings. The van der Waals surface area contributed by atoms with E-state index in [2.05, 4.69) is 30.6 Å². The average Bonchev–Trinajstić information content (AvgIpc) is 2.95. The fourth-order valence-electron chi connectivity index (χ4n) is 2.08. The molecule has 0 amide bonds. The molecule has 2 heterocycles. The molecule has 1 aromatic heterocycles. The third-order valence-electron chi connectivity index (χ3n) is 2.98. The van der Waals surface area contributed by atoms with Gasteiger partial charge in [0.2, 0.25) is 0 Å². The molecule has 0 bridgehead atoms. The number of nitrogens with one attached hydrogen (secondary N) is 1. The van der Waals surface area contributed by atoms with Gasteiger partial charge in [0.05, 0.1) is 13.2 Å². The summed E-state index contributed by atoms with van der Waals surface area (Å²) in [6.45, 7) is 6.86. The minimum Gasteiger partial charge on any atom is -0.350 e. The van der Waals surface area contributed by atoms with Crippen LogP contribution in [0, 0.1) is 6.92 Å². The number of hydrogen-bond acceptors (Lipinski definition) is 4. The van der Waals surface area contributed by atoms with E-state index in [9.17, 15) is 0 Å². The van der Waals surface area contributed by atoms with Crippen LogP contribution in [0.1, 0.15) is 36.2 Å². The maximum absolute atomic E-state index is 5.54. The molecule has 2 rings (SSSR count). The van der Waals surface area contributed by atoms with Crippen molar-refractivity contribution in [3.63, 3.8) is 0 Å². The minimum atomic E-state index is -0.0362. The van der Waals surface area contributed by atoms with Crippen molar-refractivity contribution in [3.8, 4) is 0 Å². The summed E-state index contributed by atoms with van der Waals surface area (Å²) >= 11 is 1.82. The Hall–Kier alpha value is -0.420. The molecule has 96 valence electrons. The molecule has 3 nitrogen and oxygen atoms in total. The van der Waals surface area contributed by atoms with Crippen LogP contribution in [0.5, 0.6) is 0 Å². The zero-order valence-electron chi connectivity index (χ0n) is 10.6. The smallest absolute Gasteiger partial charge is 0.159 e. The fourth-order valence-corrected chi connectivity index (χ4v) is 3.10. The molecule has 0 aliphatic carbocycles. The molecule has 1 saturated heterocycles. The number of hydrogen-bond donors (Lipinski definition) is 1. The highest BCUT2D eigenvalue weighted by molar-refractivity contribution is 7.10. The zero-order valence-corrected chi connectivity index (χ0v) is 11.4. The van der Waals surface area contributed by atoms with Crippen LogP contribution >= 0.6 is 11.3 Å². The molecular weight excluding hydrogens is 234 g/mol. The molecular formula is C13H21NO2S. The van der Waals surface area contributed by atoms with Gasteiger partial charge < -0.3 is 14.8 Å². The van der Waals surface area contributed by atoms with Gasteiger partial charge in [0.25, 0.3) is 0 Å². The number of thiophene rings is 1. The van der Waals surface area contributed by atoms with E-state index in [-0.39, 0.29) is 6.29 Å². The Kier molecular flexibility index (Phi) is 4.98. The molecule has 1 fully saturated rings. The van der Waals surface area contributed by atoms with Gasteiger partial charge in [0.1, 0.15) is 0 Å². The van der Waals surface area contributed by atoms with Crippen LogP contribution < -0.4 is 5.32 Å². The van der Waals surface area contributed by atoms with Crippen LogP contribution in [-0.4, -0.2) is 26.0 Å². The Bertz CT molecular complexity index is 334. The Morgan fingerprint density at radius 1 is 1.47 bits per heavy atom. The monoisotopic (exact) mass is 255 g/mol. The lowest BCUT2D eigenvalue weighted by Crippen LogP contribution is -2.26. The highest BCUT2D eigenvalue weighted by atomic mass is 32.1. The first-order valence-electron chi connectivity index (χ1n) is 6.32. The summed E-state index contributed by atoms with van der Waals surface area (Å²) in [6.07, 6.45) is 2.01. The van der Waals surface area contributed by atoms with Crippen LogP contribution in [-0.2, 0) is 9.47 Å². The van der Waals surface area contributed by atoms with Gasteiger partial charge in [-0.15, -0.1) is 11.3 Å². The molecule has 4 heteroatoms. The Labute approximate surface area is 107 Å². The van der Waals surface area contributed by atoms with Gasteiger partial charge in [0, 0.05) is 17.3 Å². The van der Waals surface area contributed by atoms with E-state index < -0.39 is 0 Å². The zero-order chi connectivity index (χ0) is 12.1. The topological polar surface area (TPSA) is 30.5 Å². The first-order chi connectivity index (χ1) is 8.31. The largest absolute Gasteiger partial charge is 0.350 e. The van der Waals surface area contributed by atoms with Gasteiger partial charge in [-0.25, -0.2) is 0 Å². The third-order valence-corrected chi connectivity index (χ3v) is 4.11. The van der Waals surface area contributed by atoms with E-state index in [1.54, 1.807) is 0 Å². The molecule has 17 heavy (non-hydrogen) atoms. The Morgan fingerprint density at radius 2 is 2.24 bits per heavy atom. The van der Waals surface area contributed by atoms with E-state index in [4.69, 9.17) is 9.47 Å². The van der Waals surface area contributed by atoms with Crippen molar-refractivity contribution in [2.75, 3.05) is 19.8 Å². The van der Waals surface area contributed by atoms with Gasteiger partial charge in [-0.05, 0) is 36.9 Å². The SMILES string of the molecule is CCCNC(CC1OCCO1)c1sccc1C. The maximum Gasteiger partial charge on any atom is 0.159 e. The summed E-state index contributed by atoms with van der Waals surface area (Å²) in [5.41, 5.74) is 1.36. The van der Waals surface area contributed by atoms with Crippen LogP contribution in [0.25, 0.3) is 0 Å². The number of ether oxygens (including phenoxy) is 2. The Balaban J connectivity index is 1.99. The van der Waals surface area contributed by atoms with E-state index in [0.29, 0.717) is 6.04 Å². The van der Waals surface area contributed by atoms with Crippen LogP contribution in [0.3, 0.4) is 0 Å². The van der Waals surface area contributed by atoms with Crippen LogP contribution in [0.15, 0.2) is 11.4 Å². The highest BCUT2D eigenvalue weighted by Crippen LogP contribution is 2.29.